The van der Waals surface area contributed by atoms with Crippen LogP contribution in [0, 0.1) is 5.82 Å². The van der Waals surface area contributed by atoms with Crippen LogP contribution in [0.15, 0.2) is 52.0 Å². The van der Waals surface area contributed by atoms with Gasteiger partial charge in [0.25, 0.3) is 0 Å². The van der Waals surface area contributed by atoms with Crippen molar-refractivity contribution in [2.45, 2.75) is 0 Å². The van der Waals surface area contributed by atoms with Crippen LogP contribution in [0.5, 0.6) is 0 Å². The standard InChI is InChI=1S/C13H7FN4O/c14-10-6-5-8(17-18-15)7-9(10)13-16-11-3-1-2-4-12(11)19-13/h1-7H. The maximum absolute atomic E-state index is 13.8. The summed E-state index contributed by atoms with van der Waals surface area (Å²) in [7, 11) is 0. The molecule has 6 heteroatoms. The van der Waals surface area contributed by atoms with Gasteiger partial charge in [-0.25, -0.2) is 9.37 Å². The van der Waals surface area contributed by atoms with Gasteiger partial charge in [0.1, 0.15) is 11.3 Å². The van der Waals surface area contributed by atoms with Gasteiger partial charge in [-0.3, -0.25) is 0 Å². The van der Waals surface area contributed by atoms with E-state index in [2.05, 4.69) is 15.0 Å². The Labute approximate surface area is 106 Å². The molecule has 0 saturated carbocycles. The lowest BCUT2D eigenvalue weighted by Crippen LogP contribution is -1.83. The summed E-state index contributed by atoms with van der Waals surface area (Å²) in [6, 6.07) is 11.2. The van der Waals surface area contributed by atoms with Gasteiger partial charge in [-0.2, -0.15) is 0 Å². The van der Waals surface area contributed by atoms with Crippen molar-refractivity contribution < 1.29 is 8.81 Å². The van der Waals surface area contributed by atoms with E-state index in [9.17, 15) is 4.39 Å². The second-order valence-electron chi connectivity index (χ2n) is 3.84. The molecule has 5 nitrogen and oxygen atoms in total. The smallest absolute Gasteiger partial charge is 0.230 e. The summed E-state index contributed by atoms with van der Waals surface area (Å²) < 4.78 is 19.3. The molecule has 3 aromatic rings. The predicted octanol–water partition coefficient (Wildman–Crippen LogP) is 4.58. The monoisotopic (exact) mass is 254 g/mol. The summed E-state index contributed by atoms with van der Waals surface area (Å²) in [5.74, 6) is -0.322. The van der Waals surface area contributed by atoms with E-state index >= 15 is 0 Å². The van der Waals surface area contributed by atoms with Crippen molar-refractivity contribution in [3.05, 3.63) is 58.7 Å². The van der Waals surface area contributed by atoms with Crippen LogP contribution >= 0.6 is 0 Å². The summed E-state index contributed by atoms with van der Waals surface area (Å²) in [4.78, 5) is 6.87. The summed E-state index contributed by atoms with van der Waals surface area (Å²) in [5.41, 5.74) is 10.1. The van der Waals surface area contributed by atoms with E-state index in [0.717, 1.165) is 0 Å². The topological polar surface area (TPSA) is 74.8 Å². The highest BCUT2D eigenvalue weighted by Crippen LogP contribution is 2.29. The Balaban J connectivity index is 2.19. The second kappa shape index (κ2) is 4.44. The van der Waals surface area contributed by atoms with Gasteiger partial charge in [0.2, 0.25) is 5.89 Å². The second-order valence-corrected chi connectivity index (χ2v) is 3.84. The maximum atomic E-state index is 13.8. The average molecular weight is 254 g/mol. The molecule has 2 aromatic carbocycles. The number of rotatable bonds is 2. The molecule has 19 heavy (non-hydrogen) atoms. The normalized spacial score (nSPS) is 10.4. The van der Waals surface area contributed by atoms with E-state index in [0.29, 0.717) is 16.8 Å². The van der Waals surface area contributed by atoms with Gasteiger partial charge in [0.15, 0.2) is 5.58 Å². The molecule has 0 saturated heterocycles. The fourth-order valence-electron chi connectivity index (χ4n) is 1.78. The van der Waals surface area contributed by atoms with Gasteiger partial charge in [-0.05, 0) is 35.9 Å². The van der Waals surface area contributed by atoms with Gasteiger partial charge in [0, 0.05) is 10.6 Å². The minimum atomic E-state index is -0.483. The Morgan fingerprint density at radius 3 is 2.84 bits per heavy atom. The fraction of sp³-hybridized carbons (Fsp3) is 0. The summed E-state index contributed by atoms with van der Waals surface area (Å²) in [6.07, 6.45) is 0. The van der Waals surface area contributed by atoms with Crippen molar-refractivity contribution in [3.8, 4) is 11.5 Å². The van der Waals surface area contributed by atoms with Crippen molar-refractivity contribution in [1.29, 1.82) is 0 Å². The summed E-state index contributed by atoms with van der Waals surface area (Å²) >= 11 is 0. The summed E-state index contributed by atoms with van der Waals surface area (Å²) in [5, 5.41) is 3.43. The van der Waals surface area contributed by atoms with Crippen molar-refractivity contribution in [3.63, 3.8) is 0 Å². The van der Waals surface area contributed by atoms with Crippen LogP contribution in [0.3, 0.4) is 0 Å². The number of benzene rings is 2. The number of nitrogens with zero attached hydrogens (tertiary/aromatic N) is 4. The molecule has 0 unspecified atom stereocenters. The first-order chi connectivity index (χ1) is 9.28. The zero-order valence-electron chi connectivity index (χ0n) is 9.62. The molecular formula is C13H7FN4O. The van der Waals surface area contributed by atoms with Crippen LogP contribution in [-0.4, -0.2) is 4.98 Å². The number of oxazole rings is 1. The van der Waals surface area contributed by atoms with Crippen LogP contribution in [0.4, 0.5) is 10.1 Å². The first kappa shape index (κ1) is 11.3. The van der Waals surface area contributed by atoms with Crippen LogP contribution < -0.4 is 0 Å². The van der Waals surface area contributed by atoms with Crippen molar-refractivity contribution in [2.75, 3.05) is 0 Å². The Morgan fingerprint density at radius 1 is 1.21 bits per heavy atom. The van der Waals surface area contributed by atoms with Crippen LogP contribution in [0.25, 0.3) is 33.0 Å². The molecule has 3 rings (SSSR count). The van der Waals surface area contributed by atoms with Crippen molar-refractivity contribution >= 4 is 16.8 Å². The predicted molar refractivity (Wildman–Crippen MR) is 68.2 cm³/mol. The lowest BCUT2D eigenvalue weighted by atomic mass is 10.2. The molecule has 0 spiro atoms. The SMILES string of the molecule is [N-]=[N+]=Nc1ccc(F)c(-c2nc3ccccc3o2)c1. The molecule has 1 heterocycles. The fourth-order valence-corrected chi connectivity index (χ4v) is 1.78. The molecule has 0 bridgehead atoms. The third-order valence-corrected chi connectivity index (χ3v) is 2.63. The third-order valence-electron chi connectivity index (χ3n) is 2.63. The lowest BCUT2D eigenvalue weighted by Gasteiger charge is -1.99. The van der Waals surface area contributed by atoms with Gasteiger partial charge in [0.05, 0.1) is 5.56 Å². The molecule has 0 N–H and O–H groups in total. The molecule has 0 amide bonds. The molecule has 0 aliphatic heterocycles. The number of azide groups is 1. The Hall–Kier alpha value is -2.85. The highest BCUT2D eigenvalue weighted by atomic mass is 19.1. The number of hydrogen-bond acceptors (Lipinski definition) is 3. The quantitative estimate of drug-likeness (QED) is 0.381. The zero-order valence-corrected chi connectivity index (χ0v) is 9.62. The van der Waals surface area contributed by atoms with E-state index in [1.54, 1.807) is 12.1 Å². The van der Waals surface area contributed by atoms with Crippen LogP contribution in [0.1, 0.15) is 0 Å². The third kappa shape index (κ3) is 2.00. The van der Waals surface area contributed by atoms with Gasteiger partial charge in [-0.1, -0.05) is 17.2 Å². The van der Waals surface area contributed by atoms with Crippen molar-refractivity contribution in [1.82, 2.24) is 4.98 Å². The molecule has 0 radical (unpaired) electrons. The lowest BCUT2D eigenvalue weighted by molar-refractivity contribution is 0.593. The zero-order chi connectivity index (χ0) is 13.2. The first-order valence-electron chi connectivity index (χ1n) is 5.48. The van der Waals surface area contributed by atoms with E-state index < -0.39 is 5.82 Å². The number of halogens is 1. The number of fused-ring (bicyclic) bond motifs is 1. The Morgan fingerprint density at radius 2 is 2.05 bits per heavy atom. The molecule has 0 aliphatic carbocycles. The van der Waals surface area contributed by atoms with Gasteiger partial charge in [-0.15, -0.1) is 0 Å². The maximum Gasteiger partial charge on any atom is 0.230 e. The molecule has 0 atom stereocenters. The minimum absolute atomic E-state index is 0.161. The summed E-state index contributed by atoms with van der Waals surface area (Å²) in [6.45, 7) is 0. The number of aromatic nitrogens is 1. The van der Waals surface area contributed by atoms with E-state index in [4.69, 9.17) is 9.95 Å². The van der Waals surface area contributed by atoms with E-state index in [1.165, 1.54) is 18.2 Å². The van der Waals surface area contributed by atoms with Gasteiger partial charge < -0.3 is 4.42 Å². The largest absolute Gasteiger partial charge is 0.436 e. The average Bonchev–Trinajstić information content (AvgIpc) is 2.85. The Kier molecular flexibility index (Phi) is 2.63. The van der Waals surface area contributed by atoms with E-state index in [-0.39, 0.29) is 11.5 Å². The molecule has 0 fully saturated rings. The number of para-hydroxylation sites is 2. The highest BCUT2D eigenvalue weighted by Gasteiger charge is 2.12. The van der Waals surface area contributed by atoms with Crippen LogP contribution in [0.2, 0.25) is 0 Å². The highest BCUT2D eigenvalue weighted by molar-refractivity contribution is 5.76. The van der Waals surface area contributed by atoms with E-state index in [1.807, 2.05) is 12.1 Å². The van der Waals surface area contributed by atoms with Crippen molar-refractivity contribution in [2.24, 2.45) is 5.11 Å². The van der Waals surface area contributed by atoms with Gasteiger partial charge >= 0.3 is 0 Å². The molecular weight excluding hydrogens is 247 g/mol. The first-order valence-corrected chi connectivity index (χ1v) is 5.48. The molecule has 92 valence electrons. The minimum Gasteiger partial charge on any atom is -0.436 e. The molecule has 1 aromatic heterocycles. The number of hydrogen-bond donors (Lipinski definition) is 0. The van der Waals surface area contributed by atoms with Crippen LogP contribution in [-0.2, 0) is 0 Å². The molecule has 0 aliphatic rings. The Bertz CT molecular complexity index is 772.